The Morgan fingerprint density at radius 3 is 2.75 bits per heavy atom. The highest BCUT2D eigenvalue weighted by molar-refractivity contribution is 9.09. The Labute approximate surface area is 125 Å². The van der Waals surface area contributed by atoms with Crippen LogP contribution in [0.4, 0.5) is 0 Å². The Balaban J connectivity index is 2.33. The summed E-state index contributed by atoms with van der Waals surface area (Å²) in [6, 6.07) is 7.67. The number of methoxy groups -OCH3 is 1. The number of rotatable bonds is 1. The van der Waals surface area contributed by atoms with Gasteiger partial charge in [0.25, 0.3) is 0 Å². The van der Waals surface area contributed by atoms with Gasteiger partial charge in [0.05, 0.1) is 23.0 Å². The van der Waals surface area contributed by atoms with E-state index in [-0.39, 0.29) is 4.83 Å². The van der Waals surface area contributed by atoms with Crippen LogP contribution in [0.15, 0.2) is 24.3 Å². The average molecular weight is 338 g/mol. The van der Waals surface area contributed by atoms with Gasteiger partial charge in [0.15, 0.2) is 0 Å². The maximum Gasteiger partial charge on any atom is 0.224 e. The molecule has 0 spiro atoms. The van der Waals surface area contributed by atoms with Gasteiger partial charge in [0.1, 0.15) is 17.5 Å². The minimum atomic E-state index is -0.735. The molecular formula is C15H16BrNO3. The summed E-state index contributed by atoms with van der Waals surface area (Å²) in [5, 5.41) is 11.5. The Kier molecular flexibility index (Phi) is 3.14. The van der Waals surface area contributed by atoms with Crippen LogP contribution >= 0.6 is 15.9 Å². The number of fused-ring (bicyclic) bond motifs is 2. The first-order valence-electron chi connectivity index (χ1n) is 6.43. The molecule has 2 aromatic rings. The predicted octanol–water partition coefficient (Wildman–Crippen LogP) is 3.21. The summed E-state index contributed by atoms with van der Waals surface area (Å²) in [7, 11) is 1.60. The summed E-state index contributed by atoms with van der Waals surface area (Å²) in [6.45, 7) is 3.84. The van der Waals surface area contributed by atoms with E-state index in [2.05, 4.69) is 20.9 Å². The Hall–Kier alpha value is -1.33. The molecular weight excluding hydrogens is 322 g/mol. The lowest BCUT2D eigenvalue weighted by Gasteiger charge is -2.39. The van der Waals surface area contributed by atoms with Gasteiger partial charge in [-0.2, -0.15) is 0 Å². The molecule has 2 heterocycles. The van der Waals surface area contributed by atoms with Gasteiger partial charge in [-0.25, -0.2) is 4.98 Å². The number of para-hydroxylation sites is 1. The van der Waals surface area contributed by atoms with E-state index in [9.17, 15) is 5.11 Å². The fourth-order valence-corrected chi connectivity index (χ4v) is 2.92. The summed E-state index contributed by atoms with van der Waals surface area (Å²) in [5.74, 6) is 1.06. The molecule has 1 aromatic carbocycles. The summed E-state index contributed by atoms with van der Waals surface area (Å²) in [4.78, 5) is 4.29. The van der Waals surface area contributed by atoms with Gasteiger partial charge in [-0.1, -0.05) is 28.1 Å². The number of aromatic nitrogens is 1. The number of hydrogen-bond acceptors (Lipinski definition) is 4. The second-order valence-corrected chi connectivity index (χ2v) is 6.42. The van der Waals surface area contributed by atoms with E-state index < -0.39 is 11.7 Å². The molecule has 5 heteroatoms. The molecule has 106 valence electrons. The third kappa shape index (κ3) is 1.88. The van der Waals surface area contributed by atoms with Crippen molar-refractivity contribution in [1.82, 2.24) is 4.98 Å². The minimum Gasteiger partial charge on any atom is -0.495 e. The molecule has 0 unspecified atom stereocenters. The summed E-state index contributed by atoms with van der Waals surface area (Å²) in [5.41, 5.74) is 0.846. The Morgan fingerprint density at radius 2 is 2.05 bits per heavy atom. The van der Waals surface area contributed by atoms with Crippen molar-refractivity contribution in [2.45, 2.75) is 30.4 Å². The van der Waals surface area contributed by atoms with Crippen molar-refractivity contribution < 1.29 is 14.6 Å². The number of alkyl halides is 1. The largest absolute Gasteiger partial charge is 0.495 e. The molecule has 0 aliphatic carbocycles. The molecule has 0 bridgehead atoms. The number of ether oxygens (including phenoxy) is 2. The summed E-state index contributed by atoms with van der Waals surface area (Å²) in [6.07, 6.45) is -0.735. The molecule has 1 aliphatic heterocycles. The molecule has 0 radical (unpaired) electrons. The third-order valence-corrected chi connectivity index (χ3v) is 5.25. The van der Waals surface area contributed by atoms with E-state index in [1.165, 1.54) is 0 Å². The topological polar surface area (TPSA) is 51.6 Å². The van der Waals surface area contributed by atoms with Gasteiger partial charge in [0.2, 0.25) is 5.88 Å². The third-order valence-electron chi connectivity index (χ3n) is 3.65. The Morgan fingerprint density at radius 1 is 1.35 bits per heavy atom. The lowest BCUT2D eigenvalue weighted by atomic mass is 9.91. The zero-order chi connectivity index (χ0) is 14.5. The van der Waals surface area contributed by atoms with Crippen molar-refractivity contribution in [1.29, 1.82) is 0 Å². The number of nitrogens with zero attached hydrogens (tertiary/aromatic N) is 1. The zero-order valence-corrected chi connectivity index (χ0v) is 13.1. The number of pyridine rings is 1. The highest BCUT2D eigenvalue weighted by Crippen LogP contribution is 2.48. The van der Waals surface area contributed by atoms with Gasteiger partial charge in [0, 0.05) is 5.39 Å². The highest BCUT2D eigenvalue weighted by atomic mass is 79.9. The number of aliphatic hydroxyl groups excluding tert-OH is 1. The SMILES string of the molecule is COc1c2c(nc3ccccc13)OC(C)(C)[C@H](Br)[C@H]2O. The lowest BCUT2D eigenvalue weighted by molar-refractivity contribution is 0.0171. The fourth-order valence-electron chi connectivity index (χ4n) is 2.57. The maximum atomic E-state index is 10.6. The molecule has 3 rings (SSSR count). The fraction of sp³-hybridized carbons (Fsp3) is 0.400. The smallest absolute Gasteiger partial charge is 0.224 e. The number of benzene rings is 1. The second-order valence-electron chi connectivity index (χ2n) is 5.43. The van der Waals surface area contributed by atoms with Crippen LogP contribution in [0, 0.1) is 0 Å². The van der Waals surface area contributed by atoms with Gasteiger partial charge in [-0.15, -0.1) is 0 Å². The van der Waals surface area contributed by atoms with E-state index in [4.69, 9.17) is 9.47 Å². The van der Waals surface area contributed by atoms with E-state index in [1.54, 1.807) is 7.11 Å². The molecule has 20 heavy (non-hydrogen) atoms. The molecule has 0 saturated carbocycles. The van der Waals surface area contributed by atoms with Crippen LogP contribution in [0.2, 0.25) is 0 Å². The second kappa shape index (κ2) is 4.60. The minimum absolute atomic E-state index is 0.237. The van der Waals surface area contributed by atoms with Crippen molar-refractivity contribution in [3.8, 4) is 11.6 Å². The first kappa shape index (κ1) is 13.6. The van der Waals surface area contributed by atoms with E-state index in [1.807, 2.05) is 38.1 Å². The molecule has 1 N–H and O–H groups in total. The molecule has 1 aliphatic rings. The van der Waals surface area contributed by atoms with E-state index in [0.29, 0.717) is 17.2 Å². The van der Waals surface area contributed by atoms with Crippen molar-refractivity contribution >= 4 is 26.8 Å². The quantitative estimate of drug-likeness (QED) is 0.812. The summed E-state index contributed by atoms with van der Waals surface area (Å²) >= 11 is 3.51. The molecule has 0 saturated heterocycles. The standard InChI is InChI=1S/C15H16BrNO3/c1-15(2)13(16)11(18)10-12(19-3)8-6-4-5-7-9(8)17-14(10)20-15/h4-7,11,13,18H,1-3H3/t11-,13+/m0/s1. The number of hydrogen-bond donors (Lipinski definition) is 1. The molecule has 2 atom stereocenters. The van der Waals surface area contributed by atoms with Crippen molar-refractivity contribution in [3.63, 3.8) is 0 Å². The van der Waals surface area contributed by atoms with Crippen LogP contribution in [0.25, 0.3) is 10.9 Å². The maximum absolute atomic E-state index is 10.6. The monoisotopic (exact) mass is 337 g/mol. The predicted molar refractivity (Wildman–Crippen MR) is 80.7 cm³/mol. The van der Waals surface area contributed by atoms with Gasteiger partial charge in [-0.3, -0.25) is 0 Å². The highest BCUT2D eigenvalue weighted by Gasteiger charge is 2.44. The zero-order valence-electron chi connectivity index (χ0n) is 11.6. The van der Waals surface area contributed by atoms with E-state index in [0.717, 1.165) is 10.9 Å². The van der Waals surface area contributed by atoms with Gasteiger partial charge < -0.3 is 14.6 Å². The first-order chi connectivity index (χ1) is 9.45. The van der Waals surface area contributed by atoms with Crippen LogP contribution in [-0.4, -0.2) is 27.6 Å². The normalized spacial score (nSPS) is 24.1. The van der Waals surface area contributed by atoms with Crippen LogP contribution in [0.5, 0.6) is 11.6 Å². The molecule has 0 fully saturated rings. The van der Waals surface area contributed by atoms with Crippen LogP contribution in [0.3, 0.4) is 0 Å². The van der Waals surface area contributed by atoms with Gasteiger partial charge >= 0.3 is 0 Å². The van der Waals surface area contributed by atoms with E-state index >= 15 is 0 Å². The summed E-state index contributed by atoms with van der Waals surface area (Å²) < 4.78 is 11.5. The van der Waals surface area contributed by atoms with Crippen molar-refractivity contribution in [2.24, 2.45) is 0 Å². The number of aliphatic hydroxyl groups is 1. The number of halogens is 1. The van der Waals surface area contributed by atoms with Crippen LogP contribution in [-0.2, 0) is 0 Å². The van der Waals surface area contributed by atoms with Crippen LogP contribution < -0.4 is 9.47 Å². The van der Waals surface area contributed by atoms with Crippen molar-refractivity contribution in [2.75, 3.05) is 7.11 Å². The van der Waals surface area contributed by atoms with Gasteiger partial charge in [-0.05, 0) is 26.0 Å². The first-order valence-corrected chi connectivity index (χ1v) is 7.35. The molecule has 1 aromatic heterocycles. The Bertz CT molecular complexity index is 671. The van der Waals surface area contributed by atoms with Crippen LogP contribution in [0.1, 0.15) is 25.5 Å². The lowest BCUT2D eigenvalue weighted by Crippen LogP contribution is -2.45. The van der Waals surface area contributed by atoms with Crippen molar-refractivity contribution in [3.05, 3.63) is 29.8 Å². The molecule has 4 nitrogen and oxygen atoms in total. The molecule has 0 amide bonds. The average Bonchev–Trinajstić information content (AvgIpc) is 2.42.